The Balaban J connectivity index is 1.52. The number of carbonyl (C=O) groups excluding carboxylic acids is 1. The Bertz CT molecular complexity index is 958. The van der Waals surface area contributed by atoms with E-state index in [1.54, 1.807) is 11.3 Å². The number of hydrogen-bond acceptors (Lipinski definition) is 5. The summed E-state index contributed by atoms with van der Waals surface area (Å²) in [6.45, 7) is 12.8. The maximum absolute atomic E-state index is 13.1. The van der Waals surface area contributed by atoms with Crippen LogP contribution in [-0.4, -0.2) is 40.1 Å². The van der Waals surface area contributed by atoms with Crippen LogP contribution in [0, 0.1) is 23.2 Å². The lowest BCUT2D eigenvalue weighted by Crippen LogP contribution is -2.53. The number of fused-ring (bicyclic) bond motifs is 2. The van der Waals surface area contributed by atoms with Crippen molar-refractivity contribution >= 4 is 22.4 Å². The number of hydrogen-bond donors (Lipinski definition) is 2. The van der Waals surface area contributed by atoms with Gasteiger partial charge in [-0.25, -0.2) is 4.98 Å². The molecule has 2 aliphatic carbocycles. The van der Waals surface area contributed by atoms with E-state index in [0.717, 1.165) is 49.7 Å². The minimum atomic E-state index is -0.483. The lowest BCUT2D eigenvalue weighted by atomic mass is 9.53. The van der Waals surface area contributed by atoms with Crippen LogP contribution in [0.2, 0.25) is 0 Å². The molecule has 2 aliphatic rings. The maximum atomic E-state index is 13.1. The highest BCUT2D eigenvalue weighted by Crippen LogP contribution is 2.57. The van der Waals surface area contributed by atoms with Gasteiger partial charge in [-0.3, -0.25) is 4.79 Å². The van der Waals surface area contributed by atoms with E-state index in [1.807, 2.05) is 31.7 Å². The number of anilines is 1. The first-order valence-corrected chi connectivity index (χ1v) is 13.3. The molecule has 5 nitrogen and oxygen atoms in total. The van der Waals surface area contributed by atoms with Gasteiger partial charge >= 0.3 is 0 Å². The summed E-state index contributed by atoms with van der Waals surface area (Å²) in [4.78, 5) is 21.3. The molecule has 1 aromatic heterocycles. The minimum Gasteiger partial charge on any atom is -0.392 e. The normalized spacial score (nSPS) is 29.6. The van der Waals surface area contributed by atoms with Crippen LogP contribution < -0.4 is 5.32 Å². The fourth-order valence-electron chi connectivity index (χ4n) is 6.40. The molecule has 0 spiro atoms. The van der Waals surface area contributed by atoms with Crippen LogP contribution in [0.1, 0.15) is 69.5 Å². The van der Waals surface area contributed by atoms with Gasteiger partial charge in [0.15, 0.2) is 5.13 Å². The lowest BCUT2D eigenvalue weighted by molar-refractivity contribution is -0.144. The van der Waals surface area contributed by atoms with Gasteiger partial charge in [-0.05, 0) is 55.9 Å². The summed E-state index contributed by atoms with van der Waals surface area (Å²) < 4.78 is 0. The quantitative estimate of drug-likeness (QED) is 0.577. The number of rotatable bonds is 7. The number of aliphatic hydroxyl groups is 1. The maximum Gasteiger partial charge on any atom is 0.225 e. The molecule has 1 fully saturated rings. The zero-order valence-electron chi connectivity index (χ0n) is 20.7. The molecular formula is C27H39N3O2S. The van der Waals surface area contributed by atoms with Crippen LogP contribution >= 0.6 is 11.3 Å². The molecule has 1 saturated carbocycles. The van der Waals surface area contributed by atoms with Gasteiger partial charge in [0.05, 0.1) is 11.8 Å². The lowest BCUT2D eigenvalue weighted by Gasteiger charge is -2.53. The van der Waals surface area contributed by atoms with Crippen LogP contribution in [0.4, 0.5) is 5.13 Å². The van der Waals surface area contributed by atoms with Gasteiger partial charge in [0.2, 0.25) is 5.91 Å². The Kier molecular flexibility index (Phi) is 7.15. The second-order valence-corrected chi connectivity index (χ2v) is 11.4. The van der Waals surface area contributed by atoms with E-state index < -0.39 is 6.10 Å². The number of thiazole rings is 1. The molecule has 1 heterocycles. The molecule has 2 aromatic rings. The third-order valence-corrected chi connectivity index (χ3v) is 9.34. The Labute approximate surface area is 202 Å². The van der Waals surface area contributed by atoms with E-state index >= 15 is 0 Å². The molecule has 2 N–H and O–H groups in total. The van der Waals surface area contributed by atoms with Crippen molar-refractivity contribution < 1.29 is 9.90 Å². The second kappa shape index (κ2) is 9.75. The largest absolute Gasteiger partial charge is 0.392 e. The molecule has 33 heavy (non-hydrogen) atoms. The smallest absolute Gasteiger partial charge is 0.225 e. The van der Waals surface area contributed by atoms with E-state index in [2.05, 4.69) is 43.4 Å². The first kappa shape index (κ1) is 24.2. The number of carbonyl (C=O) groups is 1. The third-order valence-electron chi connectivity index (χ3n) is 8.32. The molecule has 0 radical (unpaired) electrons. The minimum absolute atomic E-state index is 0.00878. The summed E-state index contributed by atoms with van der Waals surface area (Å²) in [5.41, 5.74) is 2.42. The number of aliphatic hydroxyl groups excluding tert-OH is 1. The van der Waals surface area contributed by atoms with Crippen molar-refractivity contribution in [3.05, 3.63) is 46.5 Å². The zero-order chi connectivity index (χ0) is 23.8. The second-order valence-electron chi connectivity index (χ2n) is 10.3. The van der Waals surface area contributed by atoms with Crippen LogP contribution in [0.25, 0.3) is 0 Å². The van der Waals surface area contributed by atoms with Crippen molar-refractivity contribution in [1.82, 2.24) is 9.88 Å². The van der Waals surface area contributed by atoms with Crippen molar-refractivity contribution in [3.8, 4) is 0 Å². The average molecular weight is 470 g/mol. The molecule has 180 valence electrons. The topological polar surface area (TPSA) is 65.5 Å². The standard InChI is InChI=1S/C27H39N3O2S/c1-6-30(7-2)25(32)17(3)20-13-14-27(5)15-21-23(18(4)22(27)24(20)31)29-26(33-21)28-16-19-11-9-8-10-12-19/h8-12,17-18,20,22,24,31H,6-7,13-16H2,1-5H3,(H,28,29)/t17-,18-,20+,22+,24-,27+/m0/s1. The van der Waals surface area contributed by atoms with E-state index in [-0.39, 0.29) is 35.0 Å². The molecule has 0 saturated heterocycles. The van der Waals surface area contributed by atoms with Crippen molar-refractivity contribution in [2.75, 3.05) is 18.4 Å². The fraction of sp³-hybridized carbons (Fsp3) is 0.630. The highest BCUT2D eigenvalue weighted by Gasteiger charge is 2.54. The Morgan fingerprint density at radius 3 is 2.67 bits per heavy atom. The van der Waals surface area contributed by atoms with Crippen molar-refractivity contribution in [2.24, 2.45) is 23.2 Å². The van der Waals surface area contributed by atoms with Gasteiger partial charge in [0, 0.05) is 36.3 Å². The fourth-order valence-corrected chi connectivity index (χ4v) is 7.66. The van der Waals surface area contributed by atoms with Gasteiger partial charge in [0.1, 0.15) is 0 Å². The monoisotopic (exact) mass is 469 g/mol. The highest BCUT2D eigenvalue weighted by atomic mass is 32.1. The summed E-state index contributed by atoms with van der Waals surface area (Å²) in [7, 11) is 0. The van der Waals surface area contributed by atoms with Gasteiger partial charge < -0.3 is 15.3 Å². The number of nitrogens with one attached hydrogen (secondary N) is 1. The Hall–Kier alpha value is -1.92. The predicted octanol–water partition coefficient (Wildman–Crippen LogP) is 5.31. The van der Waals surface area contributed by atoms with Crippen LogP contribution in [-0.2, 0) is 17.8 Å². The summed E-state index contributed by atoms with van der Waals surface area (Å²) >= 11 is 1.77. The third kappa shape index (κ3) is 4.57. The Morgan fingerprint density at radius 2 is 2.00 bits per heavy atom. The van der Waals surface area contributed by atoms with Crippen molar-refractivity contribution in [2.45, 2.75) is 72.4 Å². The zero-order valence-corrected chi connectivity index (χ0v) is 21.5. The van der Waals surface area contributed by atoms with E-state index in [9.17, 15) is 9.90 Å². The van der Waals surface area contributed by atoms with Crippen LogP contribution in [0.5, 0.6) is 0 Å². The molecule has 0 bridgehead atoms. The van der Waals surface area contributed by atoms with Crippen LogP contribution in [0.3, 0.4) is 0 Å². The molecule has 6 atom stereocenters. The van der Waals surface area contributed by atoms with Gasteiger partial charge in [-0.1, -0.05) is 51.1 Å². The molecular weight excluding hydrogens is 430 g/mol. The van der Waals surface area contributed by atoms with Gasteiger partial charge in [0.25, 0.3) is 0 Å². The van der Waals surface area contributed by atoms with Gasteiger partial charge in [-0.2, -0.15) is 0 Å². The van der Waals surface area contributed by atoms with Crippen molar-refractivity contribution in [3.63, 3.8) is 0 Å². The summed E-state index contributed by atoms with van der Waals surface area (Å²) in [6.07, 6.45) is 2.43. The molecule has 4 rings (SSSR count). The van der Waals surface area contributed by atoms with E-state index in [4.69, 9.17) is 4.98 Å². The molecule has 1 amide bonds. The molecule has 6 heteroatoms. The number of nitrogens with zero attached hydrogens (tertiary/aromatic N) is 2. The summed E-state index contributed by atoms with van der Waals surface area (Å²) in [5, 5.41) is 16.1. The highest BCUT2D eigenvalue weighted by molar-refractivity contribution is 7.15. The van der Waals surface area contributed by atoms with E-state index in [1.165, 1.54) is 10.4 Å². The average Bonchev–Trinajstić information content (AvgIpc) is 3.21. The first-order chi connectivity index (χ1) is 15.8. The molecule has 0 unspecified atom stereocenters. The SMILES string of the molecule is CCN(CC)C(=O)[C@@H](C)[C@H]1CC[C@]2(C)Cc3sc(NCc4ccccc4)nc3[C@@H](C)[C@@H]2[C@H]1O. The summed E-state index contributed by atoms with van der Waals surface area (Å²) in [6, 6.07) is 10.4. The number of benzene rings is 1. The molecule has 1 aromatic carbocycles. The van der Waals surface area contributed by atoms with Crippen molar-refractivity contribution in [1.29, 1.82) is 0 Å². The Morgan fingerprint density at radius 1 is 1.30 bits per heavy atom. The first-order valence-electron chi connectivity index (χ1n) is 12.5. The molecule has 0 aliphatic heterocycles. The van der Waals surface area contributed by atoms with Gasteiger partial charge in [-0.15, -0.1) is 11.3 Å². The number of aromatic nitrogens is 1. The predicted molar refractivity (Wildman–Crippen MR) is 135 cm³/mol. The van der Waals surface area contributed by atoms with Crippen LogP contribution in [0.15, 0.2) is 30.3 Å². The number of amides is 1. The summed E-state index contributed by atoms with van der Waals surface area (Å²) in [5.74, 6) is 0.333. The van der Waals surface area contributed by atoms with E-state index in [0.29, 0.717) is 0 Å².